The molecule has 28 heavy (non-hydrogen) atoms. The third-order valence-electron chi connectivity index (χ3n) is 5.14. The van der Waals surface area contributed by atoms with E-state index in [1.807, 2.05) is 40.0 Å². The zero-order valence-electron chi connectivity index (χ0n) is 17.3. The second-order valence-corrected chi connectivity index (χ2v) is 7.69. The number of amides is 1. The molecule has 2 N–H and O–H groups in total. The highest BCUT2D eigenvalue weighted by atomic mass is 16.2. The number of piperidine rings is 1. The molecule has 1 aliphatic rings. The van der Waals surface area contributed by atoms with E-state index in [9.17, 15) is 4.79 Å². The fraction of sp³-hybridized carbons (Fsp3) is 0.600. The molecule has 1 fully saturated rings. The highest BCUT2D eigenvalue weighted by Gasteiger charge is 2.21. The van der Waals surface area contributed by atoms with Gasteiger partial charge in [-0.3, -0.25) is 9.69 Å². The molecule has 8 nitrogen and oxygen atoms in total. The Labute approximate surface area is 166 Å². The number of nitrogens with one attached hydrogen (secondary N) is 2. The fourth-order valence-electron chi connectivity index (χ4n) is 3.71. The summed E-state index contributed by atoms with van der Waals surface area (Å²) >= 11 is 0. The van der Waals surface area contributed by atoms with Crippen molar-refractivity contribution in [1.82, 2.24) is 30.0 Å². The van der Waals surface area contributed by atoms with Gasteiger partial charge in [0.2, 0.25) is 5.91 Å². The molecule has 1 aliphatic heterocycles. The fourth-order valence-corrected chi connectivity index (χ4v) is 3.71. The van der Waals surface area contributed by atoms with Crippen LogP contribution in [0.15, 0.2) is 12.1 Å². The van der Waals surface area contributed by atoms with E-state index in [0.29, 0.717) is 18.3 Å². The molecule has 152 valence electrons. The molecule has 1 amide bonds. The van der Waals surface area contributed by atoms with Crippen molar-refractivity contribution in [3.63, 3.8) is 0 Å². The normalized spacial score (nSPS) is 15.7. The largest absolute Gasteiger partial charge is 0.320 e. The van der Waals surface area contributed by atoms with Crippen LogP contribution in [-0.2, 0) is 4.79 Å². The number of rotatable bonds is 7. The minimum atomic E-state index is -0.0285. The van der Waals surface area contributed by atoms with E-state index in [4.69, 9.17) is 0 Å². The van der Waals surface area contributed by atoms with Gasteiger partial charge in [0.05, 0.1) is 12.2 Å². The number of nitrogens with zero attached hydrogens (tertiary/aromatic N) is 5. The molecule has 0 atom stereocenters. The Hall–Kier alpha value is -2.32. The van der Waals surface area contributed by atoms with Crippen LogP contribution in [0.4, 0.5) is 5.82 Å². The highest BCUT2D eigenvalue weighted by Crippen LogP contribution is 2.20. The first-order valence-corrected chi connectivity index (χ1v) is 10.0. The van der Waals surface area contributed by atoms with E-state index in [1.54, 1.807) is 4.68 Å². The second kappa shape index (κ2) is 9.25. The van der Waals surface area contributed by atoms with Crippen LogP contribution in [0.2, 0.25) is 0 Å². The number of aromatic nitrogens is 4. The lowest BCUT2D eigenvalue weighted by Gasteiger charge is -2.31. The number of carbonyl (C=O) groups excluding carboxylic acids is 1. The second-order valence-electron chi connectivity index (χ2n) is 7.69. The van der Waals surface area contributed by atoms with Crippen LogP contribution >= 0.6 is 0 Å². The lowest BCUT2D eigenvalue weighted by Crippen LogP contribution is -2.39. The van der Waals surface area contributed by atoms with Crippen molar-refractivity contribution in [2.45, 2.75) is 40.0 Å². The molecule has 0 bridgehead atoms. The van der Waals surface area contributed by atoms with Crippen molar-refractivity contribution in [2.24, 2.45) is 5.92 Å². The summed E-state index contributed by atoms with van der Waals surface area (Å²) in [5.41, 5.74) is 2.55. The maximum Gasteiger partial charge on any atom is 0.252 e. The van der Waals surface area contributed by atoms with Crippen LogP contribution < -0.4 is 10.6 Å². The molecule has 0 unspecified atom stereocenters. The van der Waals surface area contributed by atoms with Gasteiger partial charge in [-0.05, 0) is 78.7 Å². The van der Waals surface area contributed by atoms with Gasteiger partial charge in [-0.15, -0.1) is 0 Å². The predicted molar refractivity (Wildman–Crippen MR) is 110 cm³/mol. The molecular weight excluding hydrogens is 354 g/mol. The van der Waals surface area contributed by atoms with E-state index >= 15 is 0 Å². The zero-order chi connectivity index (χ0) is 20.1. The first-order chi connectivity index (χ1) is 13.4. The zero-order valence-corrected chi connectivity index (χ0v) is 17.3. The lowest BCUT2D eigenvalue weighted by molar-refractivity contribution is -0.117. The molecule has 0 aromatic carbocycles. The summed E-state index contributed by atoms with van der Waals surface area (Å²) in [7, 11) is 2.00. The quantitative estimate of drug-likeness (QED) is 0.756. The van der Waals surface area contributed by atoms with Crippen molar-refractivity contribution in [3.05, 3.63) is 29.2 Å². The first kappa shape index (κ1) is 20.4. The molecule has 2 aromatic heterocycles. The Bertz CT molecular complexity index is 789. The van der Waals surface area contributed by atoms with E-state index in [1.165, 1.54) is 6.42 Å². The molecule has 8 heteroatoms. The maximum atomic E-state index is 12.6. The van der Waals surface area contributed by atoms with Crippen LogP contribution in [0.1, 0.15) is 36.3 Å². The summed E-state index contributed by atoms with van der Waals surface area (Å²) in [4.78, 5) is 23.8. The SMILES string of the molecule is CNCCC1CCN(CC(=O)Nc2cc(C)nn2-c2nc(C)cc(C)n2)CC1. The molecule has 0 spiro atoms. The lowest BCUT2D eigenvalue weighted by atomic mass is 9.93. The average molecular weight is 386 g/mol. The Morgan fingerprint density at radius 2 is 1.79 bits per heavy atom. The number of carbonyl (C=O) groups is 1. The van der Waals surface area contributed by atoms with Crippen molar-refractivity contribution < 1.29 is 4.79 Å². The molecule has 0 saturated carbocycles. The van der Waals surface area contributed by atoms with E-state index in [-0.39, 0.29) is 5.91 Å². The van der Waals surface area contributed by atoms with Crippen LogP contribution in [0.25, 0.3) is 5.95 Å². The van der Waals surface area contributed by atoms with Crippen molar-refractivity contribution >= 4 is 11.7 Å². The summed E-state index contributed by atoms with van der Waals surface area (Å²) in [6, 6.07) is 3.77. The molecule has 2 aromatic rings. The summed E-state index contributed by atoms with van der Waals surface area (Å²) < 4.78 is 1.61. The van der Waals surface area contributed by atoms with Gasteiger partial charge in [0.1, 0.15) is 5.82 Å². The predicted octanol–water partition coefficient (Wildman–Crippen LogP) is 1.85. The molecule has 0 aliphatic carbocycles. The Morgan fingerprint density at radius 1 is 1.11 bits per heavy atom. The summed E-state index contributed by atoms with van der Waals surface area (Å²) in [6.45, 7) is 9.15. The highest BCUT2D eigenvalue weighted by molar-refractivity contribution is 5.91. The van der Waals surface area contributed by atoms with Crippen molar-refractivity contribution in [3.8, 4) is 5.95 Å². The van der Waals surface area contributed by atoms with Crippen LogP contribution in [0.5, 0.6) is 0 Å². The Morgan fingerprint density at radius 3 is 2.43 bits per heavy atom. The van der Waals surface area contributed by atoms with E-state index in [2.05, 4.69) is 30.6 Å². The van der Waals surface area contributed by atoms with Gasteiger partial charge in [-0.1, -0.05) is 0 Å². The molecule has 1 saturated heterocycles. The molecule has 3 heterocycles. The standard InChI is InChI=1S/C20H31N7O/c1-14-11-15(2)23-20(22-14)27-18(12-16(3)25-27)24-19(28)13-26-9-6-17(7-10-26)5-8-21-4/h11-12,17,21H,5-10,13H2,1-4H3,(H,24,28). The van der Waals surface area contributed by atoms with Gasteiger partial charge in [-0.25, -0.2) is 9.97 Å². The van der Waals surface area contributed by atoms with Crippen LogP contribution in [0, 0.1) is 26.7 Å². The van der Waals surface area contributed by atoms with Gasteiger partial charge in [0, 0.05) is 17.5 Å². The topological polar surface area (TPSA) is 88.0 Å². The smallest absolute Gasteiger partial charge is 0.252 e. The van der Waals surface area contributed by atoms with Gasteiger partial charge in [0.25, 0.3) is 5.95 Å². The van der Waals surface area contributed by atoms with Gasteiger partial charge in [-0.2, -0.15) is 9.78 Å². The van der Waals surface area contributed by atoms with Gasteiger partial charge >= 0.3 is 0 Å². The number of hydrogen-bond donors (Lipinski definition) is 2. The third-order valence-corrected chi connectivity index (χ3v) is 5.14. The molecule has 3 rings (SSSR count). The number of aryl methyl sites for hydroxylation is 3. The Balaban J connectivity index is 1.61. The van der Waals surface area contributed by atoms with Crippen LogP contribution in [-0.4, -0.2) is 63.8 Å². The molecule has 0 radical (unpaired) electrons. The Kier molecular flexibility index (Phi) is 6.74. The van der Waals surface area contributed by atoms with E-state index in [0.717, 1.165) is 55.5 Å². The van der Waals surface area contributed by atoms with Crippen LogP contribution in [0.3, 0.4) is 0 Å². The maximum absolute atomic E-state index is 12.6. The summed E-state index contributed by atoms with van der Waals surface area (Å²) in [5, 5.41) is 10.7. The minimum Gasteiger partial charge on any atom is -0.320 e. The third kappa shape index (κ3) is 5.36. The van der Waals surface area contributed by atoms with Crippen molar-refractivity contribution in [1.29, 1.82) is 0 Å². The summed E-state index contributed by atoms with van der Waals surface area (Å²) in [5.74, 6) is 1.82. The first-order valence-electron chi connectivity index (χ1n) is 10.0. The monoisotopic (exact) mass is 385 g/mol. The van der Waals surface area contributed by atoms with Gasteiger partial charge < -0.3 is 10.6 Å². The van der Waals surface area contributed by atoms with Crippen molar-refractivity contribution in [2.75, 3.05) is 38.5 Å². The number of likely N-dealkylation sites (tertiary alicyclic amines) is 1. The molecular formula is C20H31N7O. The summed E-state index contributed by atoms with van der Waals surface area (Å²) in [6.07, 6.45) is 3.52. The number of anilines is 1. The number of hydrogen-bond acceptors (Lipinski definition) is 6. The average Bonchev–Trinajstić information content (AvgIpc) is 3.00. The van der Waals surface area contributed by atoms with E-state index < -0.39 is 0 Å². The van der Waals surface area contributed by atoms with Gasteiger partial charge in [0.15, 0.2) is 0 Å². The minimum absolute atomic E-state index is 0.0285.